The molecule has 0 heterocycles. The maximum absolute atomic E-state index is 13.1. The number of para-hydroxylation sites is 1. The van der Waals surface area contributed by atoms with E-state index in [9.17, 15) is 26.0 Å². The zero-order chi connectivity index (χ0) is 15.4. The molecule has 0 aromatic heterocycles. The lowest BCUT2D eigenvalue weighted by Crippen LogP contribution is -2.29. The van der Waals surface area contributed by atoms with Crippen molar-refractivity contribution in [2.24, 2.45) is 0 Å². The molecule has 1 aromatic rings. The monoisotopic (exact) mass is 316 g/mol. The number of ether oxygens (including phenoxy) is 1. The number of nitrogens with two attached hydrogens (primary N) is 1. The third-order valence-corrected chi connectivity index (χ3v) is 3.63. The van der Waals surface area contributed by atoms with E-state index in [1.54, 1.807) is 0 Å². The maximum atomic E-state index is 13.1. The summed E-state index contributed by atoms with van der Waals surface area (Å²) in [5.41, 5.74) is 4.72. The van der Waals surface area contributed by atoms with Gasteiger partial charge in [-0.1, -0.05) is 6.07 Å². The summed E-state index contributed by atoms with van der Waals surface area (Å²) in [4.78, 5) is -0.478. The predicted octanol–water partition coefficient (Wildman–Crippen LogP) is 1.27. The van der Waals surface area contributed by atoms with E-state index in [1.807, 2.05) is 4.72 Å². The third-order valence-electron chi connectivity index (χ3n) is 2.11. The Morgan fingerprint density at radius 1 is 1.30 bits per heavy atom. The Morgan fingerprint density at radius 2 is 1.95 bits per heavy atom. The SMILES string of the molecule is Nc1c(F)cccc1S(=O)(=O)NCCOCC(F)(F)F. The van der Waals surface area contributed by atoms with Gasteiger partial charge in [-0.05, 0) is 12.1 Å². The van der Waals surface area contributed by atoms with Crippen molar-refractivity contribution in [1.29, 1.82) is 0 Å². The Hall–Kier alpha value is -1.39. The highest BCUT2D eigenvalue weighted by atomic mass is 32.2. The summed E-state index contributed by atoms with van der Waals surface area (Å²) in [5.74, 6) is -0.902. The van der Waals surface area contributed by atoms with Crippen molar-refractivity contribution in [3.63, 3.8) is 0 Å². The van der Waals surface area contributed by atoms with Crippen LogP contribution in [0.1, 0.15) is 0 Å². The molecule has 0 radical (unpaired) electrons. The minimum atomic E-state index is -4.48. The first kappa shape index (κ1) is 16.7. The number of anilines is 1. The molecule has 5 nitrogen and oxygen atoms in total. The molecule has 0 aliphatic heterocycles. The van der Waals surface area contributed by atoms with E-state index in [0.29, 0.717) is 0 Å². The lowest BCUT2D eigenvalue weighted by atomic mass is 10.3. The van der Waals surface area contributed by atoms with Crippen LogP contribution < -0.4 is 10.5 Å². The van der Waals surface area contributed by atoms with E-state index in [0.717, 1.165) is 18.2 Å². The van der Waals surface area contributed by atoms with Crippen LogP contribution in [0.4, 0.5) is 23.2 Å². The fourth-order valence-corrected chi connectivity index (χ4v) is 2.42. The van der Waals surface area contributed by atoms with Gasteiger partial charge in [-0.2, -0.15) is 13.2 Å². The molecular weight excluding hydrogens is 304 g/mol. The zero-order valence-electron chi connectivity index (χ0n) is 10.1. The fourth-order valence-electron chi connectivity index (χ4n) is 1.27. The van der Waals surface area contributed by atoms with E-state index < -0.39 is 52.4 Å². The molecule has 10 heteroatoms. The minimum Gasteiger partial charge on any atom is -0.395 e. The average Bonchev–Trinajstić information content (AvgIpc) is 2.30. The van der Waals surface area contributed by atoms with Gasteiger partial charge in [-0.25, -0.2) is 17.5 Å². The Kier molecular flexibility index (Phi) is 5.31. The highest BCUT2D eigenvalue weighted by Gasteiger charge is 2.27. The van der Waals surface area contributed by atoms with Crippen LogP contribution >= 0.6 is 0 Å². The van der Waals surface area contributed by atoms with Gasteiger partial charge in [0.15, 0.2) is 0 Å². The number of nitrogen functional groups attached to an aromatic ring is 1. The van der Waals surface area contributed by atoms with Crippen molar-refractivity contribution < 1.29 is 30.7 Å². The molecule has 1 rings (SSSR count). The zero-order valence-corrected chi connectivity index (χ0v) is 10.9. The fraction of sp³-hybridized carbons (Fsp3) is 0.400. The second kappa shape index (κ2) is 6.37. The van der Waals surface area contributed by atoms with Crippen LogP contribution in [0.3, 0.4) is 0 Å². The summed E-state index contributed by atoms with van der Waals surface area (Å²) < 4.78 is 78.0. The number of hydrogen-bond acceptors (Lipinski definition) is 4. The van der Waals surface area contributed by atoms with Gasteiger partial charge in [0.2, 0.25) is 10.0 Å². The van der Waals surface area contributed by atoms with Crippen LogP contribution in [0.5, 0.6) is 0 Å². The minimum absolute atomic E-state index is 0.394. The van der Waals surface area contributed by atoms with Gasteiger partial charge < -0.3 is 10.5 Å². The summed E-state index contributed by atoms with van der Waals surface area (Å²) in [6, 6.07) is 3.22. The van der Waals surface area contributed by atoms with Gasteiger partial charge in [0.1, 0.15) is 17.3 Å². The lowest BCUT2D eigenvalue weighted by Gasteiger charge is -2.10. The van der Waals surface area contributed by atoms with E-state index in [2.05, 4.69) is 4.74 Å². The van der Waals surface area contributed by atoms with Gasteiger partial charge in [-0.3, -0.25) is 0 Å². The summed E-state index contributed by atoms with van der Waals surface area (Å²) in [7, 11) is -4.11. The van der Waals surface area contributed by atoms with Gasteiger partial charge in [-0.15, -0.1) is 0 Å². The molecule has 114 valence electrons. The summed E-state index contributed by atoms with van der Waals surface area (Å²) in [5, 5.41) is 0. The highest BCUT2D eigenvalue weighted by Crippen LogP contribution is 2.20. The van der Waals surface area contributed by atoms with Crippen LogP contribution in [0.25, 0.3) is 0 Å². The molecule has 0 spiro atoms. The predicted molar refractivity (Wildman–Crippen MR) is 62.9 cm³/mol. The number of rotatable bonds is 6. The molecule has 0 aliphatic carbocycles. The third kappa shape index (κ3) is 4.94. The molecule has 1 aromatic carbocycles. The normalized spacial score (nSPS) is 12.6. The van der Waals surface area contributed by atoms with E-state index in [4.69, 9.17) is 5.73 Å². The smallest absolute Gasteiger partial charge is 0.395 e. The van der Waals surface area contributed by atoms with Gasteiger partial charge in [0, 0.05) is 6.54 Å². The molecule has 0 saturated heterocycles. The summed E-state index contributed by atoms with van der Waals surface area (Å²) in [6.07, 6.45) is -4.48. The van der Waals surface area contributed by atoms with Crippen LogP contribution in [-0.2, 0) is 14.8 Å². The Labute approximate surface area is 112 Å². The molecule has 0 amide bonds. The second-order valence-electron chi connectivity index (χ2n) is 3.72. The van der Waals surface area contributed by atoms with E-state index in [1.165, 1.54) is 0 Å². The van der Waals surface area contributed by atoms with Gasteiger partial charge in [0.05, 0.1) is 12.3 Å². The largest absolute Gasteiger partial charge is 0.411 e. The van der Waals surface area contributed by atoms with Crippen molar-refractivity contribution in [2.45, 2.75) is 11.1 Å². The average molecular weight is 316 g/mol. The van der Waals surface area contributed by atoms with Crippen LogP contribution in [-0.4, -0.2) is 34.4 Å². The Morgan fingerprint density at radius 3 is 2.55 bits per heavy atom. The molecule has 0 saturated carbocycles. The first-order valence-electron chi connectivity index (χ1n) is 5.31. The van der Waals surface area contributed by atoms with Crippen molar-refractivity contribution in [3.8, 4) is 0 Å². The first-order valence-corrected chi connectivity index (χ1v) is 6.80. The highest BCUT2D eigenvalue weighted by molar-refractivity contribution is 7.89. The molecule has 0 bridgehead atoms. The van der Waals surface area contributed by atoms with Crippen LogP contribution in [0.2, 0.25) is 0 Å². The second-order valence-corrected chi connectivity index (χ2v) is 5.45. The Balaban J connectivity index is 2.57. The first-order chi connectivity index (χ1) is 9.13. The Bertz CT molecular complexity index is 560. The van der Waals surface area contributed by atoms with Gasteiger partial charge >= 0.3 is 6.18 Å². The number of hydrogen-bond donors (Lipinski definition) is 2. The summed E-state index contributed by atoms with van der Waals surface area (Å²) in [6.45, 7) is -2.35. The topological polar surface area (TPSA) is 81.4 Å². The standard InChI is InChI=1S/C10H12F4N2O3S/c11-7-2-1-3-8(9(7)15)20(17,18)16-4-5-19-6-10(12,13)14/h1-3,16H,4-6,15H2. The quantitative estimate of drug-likeness (QED) is 0.470. The molecule has 0 fully saturated rings. The van der Waals surface area contributed by atoms with Crippen LogP contribution in [0, 0.1) is 5.82 Å². The number of nitrogens with one attached hydrogen (secondary N) is 1. The molecule has 20 heavy (non-hydrogen) atoms. The molecule has 0 aliphatic rings. The van der Waals surface area contributed by atoms with Crippen molar-refractivity contribution in [1.82, 2.24) is 4.72 Å². The molecular formula is C10H12F4N2O3S. The van der Waals surface area contributed by atoms with E-state index in [-0.39, 0.29) is 0 Å². The number of benzene rings is 1. The number of halogens is 4. The lowest BCUT2D eigenvalue weighted by molar-refractivity contribution is -0.173. The van der Waals surface area contributed by atoms with Crippen LogP contribution in [0.15, 0.2) is 23.1 Å². The number of alkyl halides is 3. The van der Waals surface area contributed by atoms with Crippen molar-refractivity contribution in [3.05, 3.63) is 24.0 Å². The summed E-state index contributed by atoms with van der Waals surface area (Å²) >= 11 is 0. The number of sulfonamides is 1. The molecule has 0 atom stereocenters. The maximum Gasteiger partial charge on any atom is 0.411 e. The van der Waals surface area contributed by atoms with Gasteiger partial charge in [0.25, 0.3) is 0 Å². The van der Waals surface area contributed by atoms with Crippen molar-refractivity contribution in [2.75, 3.05) is 25.5 Å². The molecule has 3 N–H and O–H groups in total. The van der Waals surface area contributed by atoms with E-state index >= 15 is 0 Å². The van der Waals surface area contributed by atoms with Crippen molar-refractivity contribution >= 4 is 15.7 Å². The molecule has 0 unspecified atom stereocenters.